The average molecular weight is 336 g/mol. The lowest BCUT2D eigenvalue weighted by atomic mass is 10.1. The smallest absolute Gasteiger partial charge is 0.422 e. The van der Waals surface area contributed by atoms with E-state index < -0.39 is 36.9 Å². The van der Waals surface area contributed by atoms with Crippen LogP contribution in [0.15, 0.2) is 24.3 Å². The molecule has 128 valence electrons. The van der Waals surface area contributed by atoms with Crippen molar-refractivity contribution in [1.29, 1.82) is 0 Å². The Morgan fingerprint density at radius 1 is 1.30 bits per heavy atom. The van der Waals surface area contributed by atoms with Crippen LogP contribution in [0.5, 0.6) is 5.75 Å². The summed E-state index contributed by atoms with van der Waals surface area (Å²) in [5.41, 5.74) is -2.01. The first-order chi connectivity index (χ1) is 10.5. The lowest BCUT2D eigenvalue weighted by Gasteiger charge is -2.18. The number of amides is 2. The summed E-state index contributed by atoms with van der Waals surface area (Å²) in [6, 6.07) is 4.38. The average Bonchev–Trinajstić information content (AvgIpc) is 2.43. The molecule has 1 aromatic rings. The van der Waals surface area contributed by atoms with E-state index in [0.717, 1.165) is 6.92 Å². The van der Waals surface area contributed by atoms with Gasteiger partial charge in [0.1, 0.15) is 5.75 Å². The van der Waals surface area contributed by atoms with Crippen molar-refractivity contribution in [3.8, 4) is 5.75 Å². The van der Waals surface area contributed by atoms with Crippen LogP contribution in [-0.2, 0) is 4.79 Å². The minimum Gasteiger partial charge on any atom is -0.484 e. The van der Waals surface area contributed by atoms with Crippen LogP contribution in [0.1, 0.15) is 6.92 Å². The molecule has 0 saturated heterocycles. The molecule has 1 unspecified atom stereocenters. The van der Waals surface area contributed by atoms with Gasteiger partial charge in [-0.3, -0.25) is 0 Å². The zero-order valence-corrected chi connectivity index (χ0v) is 12.0. The second kappa shape index (κ2) is 7.18. The highest BCUT2D eigenvalue weighted by Gasteiger charge is 2.30. The second-order valence-electron chi connectivity index (χ2n) is 4.82. The van der Waals surface area contributed by atoms with E-state index >= 15 is 0 Å². The van der Waals surface area contributed by atoms with Crippen molar-refractivity contribution in [2.75, 3.05) is 18.5 Å². The Kier molecular flexibility index (Phi) is 5.79. The summed E-state index contributed by atoms with van der Waals surface area (Å²) < 4.78 is 40.7. The van der Waals surface area contributed by atoms with Gasteiger partial charge in [0.2, 0.25) is 0 Å². The molecule has 0 aliphatic rings. The highest BCUT2D eigenvalue weighted by Crippen LogP contribution is 2.21. The zero-order valence-electron chi connectivity index (χ0n) is 12.0. The van der Waals surface area contributed by atoms with Gasteiger partial charge < -0.3 is 25.6 Å². The van der Waals surface area contributed by atoms with E-state index in [1.807, 2.05) is 0 Å². The summed E-state index contributed by atoms with van der Waals surface area (Å²) in [4.78, 5) is 22.2. The number of anilines is 1. The quantitative estimate of drug-likeness (QED) is 0.631. The standard InChI is InChI=1S/C13H15F3N2O5/c1-12(22,10(19)20)6-17-11(21)18-8-3-2-4-9(5-8)23-7-13(14,15)16/h2-5,22H,6-7H2,1H3,(H,19,20)(H2,17,18,21). The molecule has 0 bridgehead atoms. The Bertz CT molecular complexity index is 575. The molecule has 0 heterocycles. The molecule has 7 nitrogen and oxygen atoms in total. The third kappa shape index (κ3) is 6.87. The normalized spacial score (nSPS) is 13.8. The summed E-state index contributed by atoms with van der Waals surface area (Å²) >= 11 is 0. The molecular weight excluding hydrogens is 321 g/mol. The monoisotopic (exact) mass is 336 g/mol. The molecular formula is C13H15F3N2O5. The van der Waals surface area contributed by atoms with Gasteiger partial charge in [-0.2, -0.15) is 13.2 Å². The van der Waals surface area contributed by atoms with Gasteiger partial charge in [0, 0.05) is 11.8 Å². The first kappa shape index (κ1) is 18.6. The molecule has 0 aliphatic heterocycles. The van der Waals surface area contributed by atoms with Crippen LogP contribution >= 0.6 is 0 Å². The van der Waals surface area contributed by atoms with Crippen LogP contribution in [0, 0.1) is 0 Å². The van der Waals surface area contributed by atoms with Crippen LogP contribution in [0.4, 0.5) is 23.7 Å². The zero-order chi connectivity index (χ0) is 17.7. The maximum atomic E-state index is 12.1. The fraction of sp³-hybridized carbons (Fsp3) is 0.385. The van der Waals surface area contributed by atoms with Gasteiger partial charge in [0.15, 0.2) is 12.2 Å². The first-order valence-corrected chi connectivity index (χ1v) is 6.30. The van der Waals surface area contributed by atoms with E-state index in [-0.39, 0.29) is 11.4 Å². The highest BCUT2D eigenvalue weighted by atomic mass is 19.4. The summed E-state index contributed by atoms with van der Waals surface area (Å²) in [6.07, 6.45) is -4.48. The minimum atomic E-state index is -4.48. The van der Waals surface area contributed by atoms with Crippen LogP contribution in [-0.4, -0.2) is 47.1 Å². The van der Waals surface area contributed by atoms with Crippen molar-refractivity contribution in [3.63, 3.8) is 0 Å². The Labute approximate surface area is 129 Å². The number of urea groups is 1. The van der Waals surface area contributed by atoms with Crippen molar-refractivity contribution >= 4 is 17.7 Å². The van der Waals surface area contributed by atoms with Gasteiger partial charge in [-0.25, -0.2) is 9.59 Å². The number of carboxylic acids is 1. The van der Waals surface area contributed by atoms with Crippen molar-refractivity contribution in [3.05, 3.63) is 24.3 Å². The molecule has 0 aliphatic carbocycles. The maximum absolute atomic E-state index is 12.1. The molecule has 23 heavy (non-hydrogen) atoms. The number of halogens is 3. The molecule has 1 atom stereocenters. The first-order valence-electron chi connectivity index (χ1n) is 6.30. The van der Waals surface area contributed by atoms with Crippen LogP contribution < -0.4 is 15.4 Å². The number of hydrogen-bond acceptors (Lipinski definition) is 4. The van der Waals surface area contributed by atoms with E-state index in [2.05, 4.69) is 15.4 Å². The van der Waals surface area contributed by atoms with Crippen molar-refractivity contribution in [2.24, 2.45) is 0 Å². The number of carboxylic acid groups (broad SMARTS) is 1. The molecule has 1 rings (SSSR count). The molecule has 0 saturated carbocycles. The van der Waals surface area contributed by atoms with Crippen molar-refractivity contribution in [2.45, 2.75) is 18.7 Å². The van der Waals surface area contributed by atoms with Gasteiger partial charge in [-0.15, -0.1) is 0 Å². The van der Waals surface area contributed by atoms with Crippen molar-refractivity contribution in [1.82, 2.24) is 5.32 Å². The van der Waals surface area contributed by atoms with Crippen LogP contribution in [0.3, 0.4) is 0 Å². The number of benzene rings is 1. The molecule has 0 fully saturated rings. The molecule has 0 spiro atoms. The Balaban J connectivity index is 2.57. The second-order valence-corrected chi connectivity index (χ2v) is 4.82. The number of ether oxygens (including phenoxy) is 1. The van der Waals surface area contributed by atoms with Crippen LogP contribution in [0.2, 0.25) is 0 Å². The topological polar surface area (TPSA) is 108 Å². The molecule has 0 radical (unpaired) electrons. The lowest BCUT2D eigenvalue weighted by molar-refractivity contribution is -0.155. The number of aliphatic hydroxyl groups is 1. The van der Waals surface area contributed by atoms with Crippen molar-refractivity contribution < 1.29 is 37.7 Å². The molecule has 10 heteroatoms. The summed E-state index contributed by atoms with van der Waals surface area (Å²) in [6.45, 7) is -1.02. The predicted octanol–water partition coefficient (Wildman–Crippen LogP) is 1.58. The minimum absolute atomic E-state index is 0.0994. The number of hydrogen-bond donors (Lipinski definition) is 4. The maximum Gasteiger partial charge on any atom is 0.422 e. The van der Waals surface area contributed by atoms with E-state index in [1.165, 1.54) is 24.3 Å². The van der Waals surface area contributed by atoms with Gasteiger partial charge in [0.25, 0.3) is 0 Å². The number of alkyl halides is 3. The fourth-order valence-electron chi connectivity index (χ4n) is 1.33. The summed E-state index contributed by atoms with van der Waals surface area (Å²) in [7, 11) is 0. The van der Waals surface area contributed by atoms with E-state index in [0.29, 0.717) is 0 Å². The Morgan fingerprint density at radius 3 is 2.52 bits per heavy atom. The summed E-state index contributed by atoms with van der Waals surface area (Å²) in [5, 5.41) is 22.5. The largest absolute Gasteiger partial charge is 0.484 e. The van der Waals surface area contributed by atoms with E-state index in [9.17, 15) is 27.9 Å². The predicted molar refractivity (Wildman–Crippen MR) is 73.3 cm³/mol. The Morgan fingerprint density at radius 2 is 1.96 bits per heavy atom. The van der Waals surface area contributed by atoms with Gasteiger partial charge in [-0.05, 0) is 19.1 Å². The fourth-order valence-corrected chi connectivity index (χ4v) is 1.33. The molecule has 2 amide bonds. The lowest BCUT2D eigenvalue weighted by Crippen LogP contribution is -2.47. The highest BCUT2D eigenvalue weighted by molar-refractivity contribution is 5.90. The SMILES string of the molecule is CC(O)(CNC(=O)Nc1cccc(OCC(F)(F)F)c1)C(=O)O. The number of carbonyl (C=O) groups is 2. The molecule has 1 aromatic carbocycles. The molecule has 0 aromatic heterocycles. The number of aliphatic carboxylic acids is 1. The van der Waals surface area contributed by atoms with Gasteiger partial charge >= 0.3 is 18.2 Å². The summed E-state index contributed by atoms with van der Waals surface area (Å²) in [5.74, 6) is -1.61. The van der Waals surface area contributed by atoms with Gasteiger partial charge in [-0.1, -0.05) is 6.07 Å². The third-order valence-electron chi connectivity index (χ3n) is 2.55. The number of carbonyl (C=O) groups excluding carboxylic acids is 1. The number of rotatable bonds is 6. The molecule has 4 N–H and O–H groups in total. The van der Waals surface area contributed by atoms with Gasteiger partial charge in [0.05, 0.1) is 6.54 Å². The number of nitrogens with one attached hydrogen (secondary N) is 2. The van der Waals surface area contributed by atoms with Crippen LogP contribution in [0.25, 0.3) is 0 Å². The Hall–Kier alpha value is -2.49. The van der Waals surface area contributed by atoms with E-state index in [1.54, 1.807) is 0 Å². The van der Waals surface area contributed by atoms with E-state index in [4.69, 9.17) is 5.11 Å². The third-order valence-corrected chi connectivity index (χ3v) is 2.55.